The lowest BCUT2D eigenvalue weighted by atomic mass is 9.95. The molecule has 0 amide bonds. The topological polar surface area (TPSA) is 61.7 Å². The summed E-state index contributed by atoms with van der Waals surface area (Å²) >= 11 is 12.0. The Kier molecular flexibility index (Phi) is 4.06. The normalized spacial score (nSPS) is 30.1. The maximum absolute atomic E-state index is 10.6. The fourth-order valence-electron chi connectivity index (χ4n) is 2.64. The first kappa shape index (κ1) is 15.6. The van der Waals surface area contributed by atoms with Gasteiger partial charge in [-0.1, -0.05) is 29.3 Å². The molecular weight excluding hydrogens is 301 g/mol. The smallest absolute Gasteiger partial charge is 0.144 e. The van der Waals surface area contributed by atoms with Crippen LogP contribution >= 0.6 is 23.2 Å². The van der Waals surface area contributed by atoms with Crippen LogP contribution in [0.1, 0.15) is 19.4 Å². The van der Waals surface area contributed by atoms with Crippen molar-refractivity contribution in [3.8, 4) is 0 Å². The molecule has 0 bridgehead atoms. The zero-order valence-electron chi connectivity index (χ0n) is 11.5. The van der Waals surface area contributed by atoms with E-state index in [1.165, 1.54) is 7.11 Å². The second-order valence-corrected chi connectivity index (χ2v) is 6.15. The molecular formula is C14H17Cl2NO3. The summed E-state index contributed by atoms with van der Waals surface area (Å²) in [6.07, 6.45) is 0. The third-order valence-electron chi connectivity index (χ3n) is 3.40. The zero-order valence-corrected chi connectivity index (χ0v) is 13.0. The molecule has 1 aliphatic rings. The van der Waals surface area contributed by atoms with Crippen molar-refractivity contribution >= 4 is 28.8 Å². The average Bonchev–Trinajstić information content (AvgIpc) is 2.47. The Morgan fingerprint density at radius 1 is 1.30 bits per heavy atom. The molecule has 1 heterocycles. The lowest BCUT2D eigenvalue weighted by Gasteiger charge is -2.28. The van der Waals surface area contributed by atoms with Crippen LogP contribution in [0.2, 0.25) is 10.0 Å². The van der Waals surface area contributed by atoms with Crippen molar-refractivity contribution in [1.29, 1.82) is 0 Å². The molecule has 0 fully saturated rings. The predicted molar refractivity (Wildman–Crippen MR) is 80.1 cm³/mol. The highest BCUT2D eigenvalue weighted by Gasteiger charge is 2.49. The van der Waals surface area contributed by atoms with E-state index in [2.05, 4.69) is 5.32 Å². The quantitative estimate of drug-likeness (QED) is 0.802. The fraction of sp³-hybridized carbons (Fsp3) is 0.429. The van der Waals surface area contributed by atoms with Crippen LogP contribution in [0.3, 0.4) is 0 Å². The van der Waals surface area contributed by atoms with Crippen LogP contribution in [0.25, 0.3) is 5.57 Å². The molecule has 0 radical (unpaired) electrons. The van der Waals surface area contributed by atoms with Gasteiger partial charge in [-0.3, -0.25) is 5.32 Å². The number of ether oxygens (including phenoxy) is 1. The van der Waals surface area contributed by atoms with Crippen LogP contribution in [0, 0.1) is 0 Å². The summed E-state index contributed by atoms with van der Waals surface area (Å²) in [6, 6.07) is 4.90. The molecule has 6 heteroatoms. The van der Waals surface area contributed by atoms with Crippen molar-refractivity contribution in [3.05, 3.63) is 39.6 Å². The van der Waals surface area contributed by atoms with Gasteiger partial charge in [-0.15, -0.1) is 0 Å². The van der Waals surface area contributed by atoms with E-state index in [9.17, 15) is 10.2 Å². The number of aliphatic hydroxyl groups excluding tert-OH is 1. The van der Waals surface area contributed by atoms with Gasteiger partial charge >= 0.3 is 0 Å². The molecule has 0 saturated carbocycles. The minimum atomic E-state index is -1.42. The standard InChI is InChI=1S/C14H17Cl2NO3/c1-13(7-20-3)12(18)11(14(2,19)17-13)9-5-4-8(15)6-10(9)16/h4-6,17-19H,7H2,1-3H3. The first-order valence-electron chi connectivity index (χ1n) is 6.11. The van der Waals surface area contributed by atoms with Gasteiger partial charge in [0.1, 0.15) is 11.5 Å². The predicted octanol–water partition coefficient (Wildman–Crippen LogP) is 2.98. The van der Waals surface area contributed by atoms with E-state index in [-0.39, 0.29) is 12.4 Å². The summed E-state index contributed by atoms with van der Waals surface area (Å²) in [5, 5.41) is 24.9. The Labute approximate surface area is 128 Å². The van der Waals surface area contributed by atoms with Gasteiger partial charge in [0.05, 0.1) is 12.1 Å². The van der Waals surface area contributed by atoms with Gasteiger partial charge in [0.2, 0.25) is 0 Å². The largest absolute Gasteiger partial charge is 0.510 e. The van der Waals surface area contributed by atoms with Crippen molar-refractivity contribution in [3.63, 3.8) is 0 Å². The summed E-state index contributed by atoms with van der Waals surface area (Å²) in [5.74, 6) is 0.00794. The van der Waals surface area contributed by atoms with E-state index in [1.807, 2.05) is 0 Å². The SMILES string of the molecule is COCC1(C)NC(C)(O)C(c2ccc(Cl)cc2Cl)=C1O. The van der Waals surface area contributed by atoms with Crippen molar-refractivity contribution < 1.29 is 14.9 Å². The Morgan fingerprint density at radius 2 is 1.95 bits per heavy atom. The molecule has 0 saturated heterocycles. The van der Waals surface area contributed by atoms with Crippen LogP contribution in [-0.2, 0) is 4.74 Å². The fourth-order valence-corrected chi connectivity index (χ4v) is 3.14. The molecule has 1 aromatic carbocycles. The van der Waals surface area contributed by atoms with Crippen molar-refractivity contribution in [2.45, 2.75) is 25.1 Å². The maximum atomic E-state index is 10.6. The van der Waals surface area contributed by atoms with Crippen molar-refractivity contribution in [2.75, 3.05) is 13.7 Å². The number of hydrogen-bond donors (Lipinski definition) is 3. The summed E-state index contributed by atoms with van der Waals surface area (Å²) in [5.41, 5.74) is -1.43. The van der Waals surface area contributed by atoms with E-state index >= 15 is 0 Å². The number of hydrogen-bond acceptors (Lipinski definition) is 4. The van der Waals surface area contributed by atoms with Gasteiger partial charge in [-0.25, -0.2) is 0 Å². The number of nitrogens with one attached hydrogen (secondary N) is 1. The van der Waals surface area contributed by atoms with Crippen LogP contribution < -0.4 is 5.32 Å². The van der Waals surface area contributed by atoms with Gasteiger partial charge in [-0.2, -0.15) is 0 Å². The van der Waals surface area contributed by atoms with Crippen molar-refractivity contribution in [1.82, 2.24) is 5.32 Å². The highest BCUT2D eigenvalue weighted by molar-refractivity contribution is 6.35. The minimum absolute atomic E-state index is 0.00794. The van der Waals surface area contributed by atoms with Crippen LogP contribution in [0.4, 0.5) is 0 Å². The molecule has 20 heavy (non-hydrogen) atoms. The molecule has 110 valence electrons. The summed E-state index contributed by atoms with van der Waals surface area (Å²) in [4.78, 5) is 0. The summed E-state index contributed by atoms with van der Waals surface area (Å²) in [7, 11) is 1.53. The number of rotatable bonds is 3. The van der Waals surface area contributed by atoms with Gasteiger partial charge in [0.25, 0.3) is 0 Å². The summed E-state index contributed by atoms with van der Waals surface area (Å²) < 4.78 is 5.10. The molecule has 1 aliphatic heterocycles. The van der Waals surface area contributed by atoms with Gasteiger partial charge in [-0.05, 0) is 26.0 Å². The van der Waals surface area contributed by atoms with Crippen molar-refractivity contribution in [2.24, 2.45) is 0 Å². The third-order valence-corrected chi connectivity index (χ3v) is 3.95. The molecule has 2 rings (SSSR count). The maximum Gasteiger partial charge on any atom is 0.144 e. The number of halogens is 2. The second-order valence-electron chi connectivity index (χ2n) is 5.31. The molecule has 0 spiro atoms. The van der Waals surface area contributed by atoms with Crippen LogP contribution in [-0.4, -0.2) is 35.2 Å². The number of benzene rings is 1. The third kappa shape index (κ3) is 2.54. The second kappa shape index (κ2) is 5.20. The highest BCUT2D eigenvalue weighted by atomic mass is 35.5. The molecule has 0 aromatic heterocycles. The molecule has 1 aromatic rings. The average molecular weight is 318 g/mol. The van der Waals surface area contributed by atoms with Gasteiger partial charge in [0.15, 0.2) is 0 Å². The Hall–Kier alpha value is -0.780. The minimum Gasteiger partial charge on any atom is -0.510 e. The van der Waals surface area contributed by atoms with E-state index in [4.69, 9.17) is 27.9 Å². The van der Waals surface area contributed by atoms with Gasteiger partial charge < -0.3 is 14.9 Å². The Morgan fingerprint density at radius 3 is 2.50 bits per heavy atom. The van der Waals surface area contributed by atoms with Gasteiger partial charge in [0, 0.05) is 28.3 Å². The Balaban J connectivity index is 2.60. The molecule has 4 nitrogen and oxygen atoms in total. The Bertz CT molecular complexity index is 572. The lowest BCUT2D eigenvalue weighted by Crippen LogP contribution is -2.52. The molecule has 0 aliphatic carbocycles. The lowest BCUT2D eigenvalue weighted by molar-refractivity contribution is 0.0395. The number of aliphatic hydroxyl groups is 2. The molecule has 3 N–H and O–H groups in total. The van der Waals surface area contributed by atoms with Crippen LogP contribution in [0.15, 0.2) is 24.0 Å². The van der Waals surface area contributed by atoms with Crippen LogP contribution in [0.5, 0.6) is 0 Å². The number of methoxy groups -OCH3 is 1. The molecule has 2 atom stereocenters. The zero-order chi connectivity index (χ0) is 15.1. The van der Waals surface area contributed by atoms with E-state index in [1.54, 1.807) is 32.0 Å². The van der Waals surface area contributed by atoms with E-state index < -0.39 is 11.3 Å². The first-order chi connectivity index (χ1) is 9.21. The highest BCUT2D eigenvalue weighted by Crippen LogP contribution is 2.42. The first-order valence-corrected chi connectivity index (χ1v) is 6.87. The summed E-state index contributed by atoms with van der Waals surface area (Å²) in [6.45, 7) is 3.52. The van der Waals surface area contributed by atoms with E-state index in [0.29, 0.717) is 21.2 Å². The molecule has 2 unspecified atom stereocenters. The monoisotopic (exact) mass is 317 g/mol. The van der Waals surface area contributed by atoms with E-state index in [0.717, 1.165) is 0 Å².